The highest BCUT2D eigenvalue weighted by atomic mass is 16.2. The first kappa shape index (κ1) is 20.5. The molecule has 1 aromatic carbocycles. The summed E-state index contributed by atoms with van der Waals surface area (Å²) in [4.78, 5) is 46.0. The zero-order valence-electron chi connectivity index (χ0n) is 17.7. The quantitative estimate of drug-likeness (QED) is 0.441. The van der Waals surface area contributed by atoms with Crippen molar-refractivity contribution in [2.75, 3.05) is 31.1 Å². The molecule has 0 N–H and O–H groups in total. The first-order valence-corrected chi connectivity index (χ1v) is 10.5. The van der Waals surface area contributed by atoms with Gasteiger partial charge in [-0.05, 0) is 0 Å². The normalized spacial score (nSPS) is 13.8. The summed E-state index contributed by atoms with van der Waals surface area (Å²) < 4.78 is 2.91. The van der Waals surface area contributed by atoms with Crippen LogP contribution in [-0.4, -0.2) is 71.3 Å². The molecular weight excluding hydrogens is 422 g/mol. The molecule has 3 aromatic heterocycles. The van der Waals surface area contributed by atoms with Gasteiger partial charge in [0.2, 0.25) is 5.91 Å². The number of anilines is 1. The van der Waals surface area contributed by atoms with Crippen LogP contribution in [0.25, 0.3) is 17.1 Å². The summed E-state index contributed by atoms with van der Waals surface area (Å²) >= 11 is 0. The monoisotopic (exact) mass is 443 g/mol. The van der Waals surface area contributed by atoms with Gasteiger partial charge in [0.25, 0.3) is 5.56 Å². The number of rotatable bonds is 5. The average molecular weight is 443 g/mol. The SMILES string of the molecule is O=C(Cn1cnc(-c2ccccc2)cc1=O)N1CCN(c2cc(-n3cncn3)ncn2)CC1. The molecule has 166 valence electrons. The lowest BCUT2D eigenvalue weighted by molar-refractivity contribution is -0.132. The summed E-state index contributed by atoms with van der Waals surface area (Å²) in [6, 6.07) is 12.8. The minimum absolute atomic E-state index is 0.0368. The number of amides is 1. The van der Waals surface area contributed by atoms with Crippen molar-refractivity contribution in [2.45, 2.75) is 6.54 Å². The Hall–Kier alpha value is -4.41. The van der Waals surface area contributed by atoms with E-state index in [-0.39, 0.29) is 18.0 Å². The first-order chi connectivity index (χ1) is 16.2. The van der Waals surface area contributed by atoms with Gasteiger partial charge in [0.1, 0.15) is 31.3 Å². The summed E-state index contributed by atoms with van der Waals surface area (Å²) in [6.07, 6.45) is 5.95. The Balaban J connectivity index is 1.21. The lowest BCUT2D eigenvalue weighted by Crippen LogP contribution is -2.50. The molecule has 0 atom stereocenters. The number of nitrogens with zero attached hydrogens (tertiary/aromatic N) is 9. The van der Waals surface area contributed by atoms with E-state index in [1.807, 2.05) is 36.4 Å². The van der Waals surface area contributed by atoms with E-state index in [1.165, 1.54) is 29.6 Å². The second kappa shape index (κ2) is 8.99. The molecular formula is C22H21N9O2. The third-order valence-electron chi connectivity index (χ3n) is 5.50. The summed E-state index contributed by atoms with van der Waals surface area (Å²) in [6.45, 7) is 2.28. The topological polar surface area (TPSA) is 115 Å². The Labute approximate surface area is 189 Å². The Morgan fingerprint density at radius 2 is 1.67 bits per heavy atom. The van der Waals surface area contributed by atoms with E-state index in [0.717, 1.165) is 11.4 Å². The summed E-state index contributed by atoms with van der Waals surface area (Å²) in [7, 11) is 0. The maximum absolute atomic E-state index is 12.8. The molecule has 0 saturated carbocycles. The maximum atomic E-state index is 12.8. The van der Waals surface area contributed by atoms with Gasteiger partial charge in [0.15, 0.2) is 5.82 Å². The van der Waals surface area contributed by atoms with Crippen LogP contribution >= 0.6 is 0 Å². The lowest BCUT2D eigenvalue weighted by atomic mass is 10.1. The number of piperazine rings is 1. The number of benzene rings is 1. The lowest BCUT2D eigenvalue weighted by Gasteiger charge is -2.35. The number of aromatic nitrogens is 7. The Bertz CT molecular complexity index is 1300. The van der Waals surface area contributed by atoms with E-state index < -0.39 is 0 Å². The van der Waals surface area contributed by atoms with E-state index in [1.54, 1.807) is 15.9 Å². The van der Waals surface area contributed by atoms with Gasteiger partial charge in [-0.25, -0.2) is 24.6 Å². The van der Waals surface area contributed by atoms with Crippen molar-refractivity contribution in [3.05, 3.63) is 78.1 Å². The van der Waals surface area contributed by atoms with Crippen molar-refractivity contribution in [3.63, 3.8) is 0 Å². The summed E-state index contributed by atoms with van der Waals surface area (Å²) in [5, 5.41) is 4.09. The molecule has 1 saturated heterocycles. The van der Waals surface area contributed by atoms with Crippen molar-refractivity contribution < 1.29 is 4.79 Å². The third-order valence-corrected chi connectivity index (χ3v) is 5.50. The van der Waals surface area contributed by atoms with Crippen molar-refractivity contribution in [1.82, 2.24) is 39.2 Å². The van der Waals surface area contributed by atoms with Gasteiger partial charge < -0.3 is 9.80 Å². The van der Waals surface area contributed by atoms with Crippen LogP contribution in [0, 0.1) is 0 Å². The molecule has 1 aliphatic heterocycles. The van der Waals surface area contributed by atoms with Crippen LogP contribution in [0.15, 0.2) is 72.6 Å². The van der Waals surface area contributed by atoms with Gasteiger partial charge in [-0.3, -0.25) is 14.2 Å². The molecule has 11 heteroatoms. The summed E-state index contributed by atoms with van der Waals surface area (Å²) in [5.74, 6) is 1.28. The Morgan fingerprint density at radius 3 is 2.39 bits per heavy atom. The second-order valence-corrected chi connectivity index (χ2v) is 7.55. The highest BCUT2D eigenvalue weighted by molar-refractivity contribution is 5.76. The molecule has 0 radical (unpaired) electrons. The molecule has 1 aliphatic rings. The van der Waals surface area contributed by atoms with Crippen LogP contribution in [0.4, 0.5) is 5.82 Å². The molecule has 1 fully saturated rings. The van der Waals surface area contributed by atoms with E-state index in [4.69, 9.17) is 0 Å². The Morgan fingerprint density at radius 1 is 0.879 bits per heavy atom. The van der Waals surface area contributed by atoms with Gasteiger partial charge in [-0.15, -0.1) is 0 Å². The average Bonchev–Trinajstić information content (AvgIpc) is 3.41. The third kappa shape index (κ3) is 4.47. The molecule has 0 aliphatic carbocycles. The van der Waals surface area contributed by atoms with E-state index in [9.17, 15) is 9.59 Å². The predicted molar refractivity (Wildman–Crippen MR) is 120 cm³/mol. The highest BCUT2D eigenvalue weighted by Crippen LogP contribution is 2.16. The van der Waals surface area contributed by atoms with Crippen LogP contribution in [0.1, 0.15) is 0 Å². The van der Waals surface area contributed by atoms with Crippen LogP contribution < -0.4 is 10.5 Å². The number of hydrogen-bond donors (Lipinski definition) is 0. The molecule has 4 aromatic rings. The van der Waals surface area contributed by atoms with Gasteiger partial charge in [-0.2, -0.15) is 5.10 Å². The fourth-order valence-electron chi connectivity index (χ4n) is 3.70. The van der Waals surface area contributed by atoms with Crippen molar-refractivity contribution in [1.29, 1.82) is 0 Å². The number of carbonyl (C=O) groups excluding carboxylic acids is 1. The van der Waals surface area contributed by atoms with Crippen molar-refractivity contribution >= 4 is 11.7 Å². The zero-order chi connectivity index (χ0) is 22.6. The van der Waals surface area contributed by atoms with Crippen LogP contribution in [0.5, 0.6) is 0 Å². The zero-order valence-corrected chi connectivity index (χ0v) is 17.7. The molecule has 5 rings (SSSR count). The van der Waals surface area contributed by atoms with Crippen molar-refractivity contribution in [3.8, 4) is 17.1 Å². The van der Waals surface area contributed by atoms with Crippen LogP contribution in [-0.2, 0) is 11.3 Å². The predicted octanol–water partition coefficient (Wildman–Crippen LogP) is 0.630. The fraction of sp³-hybridized carbons (Fsp3) is 0.227. The molecule has 0 unspecified atom stereocenters. The van der Waals surface area contributed by atoms with E-state index in [2.05, 4.69) is 29.9 Å². The molecule has 1 amide bonds. The van der Waals surface area contributed by atoms with Crippen molar-refractivity contribution in [2.24, 2.45) is 0 Å². The smallest absolute Gasteiger partial charge is 0.254 e. The molecule has 11 nitrogen and oxygen atoms in total. The number of hydrogen-bond acceptors (Lipinski definition) is 8. The molecule has 0 spiro atoms. The minimum atomic E-state index is -0.252. The van der Waals surface area contributed by atoms with Crippen LogP contribution in [0.2, 0.25) is 0 Å². The van der Waals surface area contributed by atoms with Gasteiger partial charge in [0.05, 0.1) is 12.0 Å². The minimum Gasteiger partial charge on any atom is -0.353 e. The second-order valence-electron chi connectivity index (χ2n) is 7.55. The standard InChI is InChI=1S/C22H21N9O2/c32-21-10-18(17-4-2-1-3-5-17)26-16-30(21)12-22(33)29-8-6-28(7-9-29)19-11-20(25-14-24-19)31-15-23-13-27-31/h1-5,10-11,13-16H,6-9,12H2. The Kier molecular flexibility index (Phi) is 5.58. The van der Waals surface area contributed by atoms with E-state index in [0.29, 0.717) is 37.7 Å². The molecule has 4 heterocycles. The van der Waals surface area contributed by atoms with Crippen LogP contribution in [0.3, 0.4) is 0 Å². The summed E-state index contributed by atoms with van der Waals surface area (Å²) in [5.41, 5.74) is 1.20. The first-order valence-electron chi connectivity index (χ1n) is 10.5. The molecule has 0 bridgehead atoms. The van der Waals surface area contributed by atoms with Gasteiger partial charge in [0, 0.05) is 43.9 Å². The van der Waals surface area contributed by atoms with E-state index >= 15 is 0 Å². The maximum Gasteiger partial charge on any atom is 0.254 e. The number of carbonyl (C=O) groups is 1. The van der Waals surface area contributed by atoms with Gasteiger partial charge >= 0.3 is 0 Å². The molecule has 33 heavy (non-hydrogen) atoms. The fourth-order valence-corrected chi connectivity index (χ4v) is 3.70. The highest BCUT2D eigenvalue weighted by Gasteiger charge is 2.23. The van der Waals surface area contributed by atoms with Gasteiger partial charge in [-0.1, -0.05) is 30.3 Å². The largest absolute Gasteiger partial charge is 0.353 e.